The van der Waals surface area contributed by atoms with Crippen molar-refractivity contribution < 1.29 is 5.11 Å². The number of aliphatic hydroxyl groups is 1. The first-order chi connectivity index (χ1) is 7.84. The van der Waals surface area contributed by atoms with E-state index in [2.05, 4.69) is 34.5 Å². The molecule has 0 saturated carbocycles. The molecule has 3 nitrogen and oxygen atoms in total. The Morgan fingerprint density at radius 3 is 2.94 bits per heavy atom. The quantitative estimate of drug-likeness (QED) is 0.778. The van der Waals surface area contributed by atoms with Crippen molar-refractivity contribution >= 4 is 0 Å². The first kappa shape index (κ1) is 11.6. The number of aliphatic hydroxyl groups excluding tert-OH is 1. The second-order valence-corrected chi connectivity index (χ2v) is 4.39. The fourth-order valence-corrected chi connectivity index (χ4v) is 2.09. The summed E-state index contributed by atoms with van der Waals surface area (Å²) in [5, 5.41) is 12.9. The van der Waals surface area contributed by atoms with Crippen LogP contribution in [0.15, 0.2) is 30.3 Å². The molecule has 0 aromatic heterocycles. The second-order valence-electron chi connectivity index (χ2n) is 4.39. The van der Waals surface area contributed by atoms with Gasteiger partial charge < -0.3 is 10.4 Å². The molecule has 2 N–H and O–H groups in total. The van der Waals surface area contributed by atoms with Gasteiger partial charge in [0.15, 0.2) is 0 Å². The molecule has 0 radical (unpaired) electrons. The minimum Gasteiger partial charge on any atom is -0.390 e. The van der Waals surface area contributed by atoms with E-state index in [1.54, 1.807) is 0 Å². The van der Waals surface area contributed by atoms with Gasteiger partial charge in [0.2, 0.25) is 0 Å². The van der Waals surface area contributed by atoms with Crippen molar-refractivity contribution in [2.24, 2.45) is 0 Å². The van der Waals surface area contributed by atoms with Gasteiger partial charge in [0.25, 0.3) is 0 Å². The Morgan fingerprint density at radius 1 is 1.31 bits per heavy atom. The van der Waals surface area contributed by atoms with Gasteiger partial charge >= 0.3 is 0 Å². The highest BCUT2D eigenvalue weighted by Gasteiger charge is 2.14. The fraction of sp³-hybridized carbons (Fsp3) is 0.538. The summed E-state index contributed by atoms with van der Waals surface area (Å²) < 4.78 is 0. The van der Waals surface area contributed by atoms with Gasteiger partial charge in [-0.25, -0.2) is 0 Å². The molecule has 1 fully saturated rings. The van der Waals surface area contributed by atoms with Crippen molar-refractivity contribution in [3.8, 4) is 0 Å². The summed E-state index contributed by atoms with van der Waals surface area (Å²) in [6.45, 7) is 4.56. The van der Waals surface area contributed by atoms with Gasteiger partial charge in [-0.2, -0.15) is 0 Å². The van der Waals surface area contributed by atoms with E-state index in [0.29, 0.717) is 0 Å². The molecular weight excluding hydrogens is 200 g/mol. The van der Waals surface area contributed by atoms with Gasteiger partial charge in [-0.1, -0.05) is 30.3 Å². The van der Waals surface area contributed by atoms with Crippen molar-refractivity contribution in [1.82, 2.24) is 10.2 Å². The van der Waals surface area contributed by atoms with Gasteiger partial charge in [-0.05, 0) is 12.0 Å². The van der Waals surface area contributed by atoms with Crippen LogP contribution in [-0.4, -0.2) is 48.8 Å². The Hall–Kier alpha value is -0.900. The summed E-state index contributed by atoms with van der Waals surface area (Å²) in [4.78, 5) is 2.33. The van der Waals surface area contributed by atoms with Crippen molar-refractivity contribution in [3.63, 3.8) is 0 Å². The van der Waals surface area contributed by atoms with Crippen LogP contribution >= 0.6 is 0 Å². The minimum absolute atomic E-state index is 0.224. The lowest BCUT2D eigenvalue weighted by atomic mass is 10.1. The second kappa shape index (κ2) is 5.99. The van der Waals surface area contributed by atoms with E-state index < -0.39 is 0 Å². The van der Waals surface area contributed by atoms with Gasteiger partial charge in [0.05, 0.1) is 6.10 Å². The van der Waals surface area contributed by atoms with Crippen LogP contribution in [0.4, 0.5) is 0 Å². The lowest BCUT2D eigenvalue weighted by Crippen LogP contribution is -2.34. The van der Waals surface area contributed by atoms with Gasteiger partial charge in [0.1, 0.15) is 0 Å². The monoisotopic (exact) mass is 220 g/mol. The SMILES string of the molecule is OC1CNCCN(CCc2ccccc2)C1. The van der Waals surface area contributed by atoms with E-state index in [1.807, 2.05) is 6.07 Å². The van der Waals surface area contributed by atoms with Crippen LogP contribution in [0.25, 0.3) is 0 Å². The number of hydrogen-bond acceptors (Lipinski definition) is 3. The zero-order valence-electron chi connectivity index (χ0n) is 9.60. The Bertz CT molecular complexity index is 302. The number of β-amino-alcohol motifs (C(OH)–C–C–N with tert-alkyl or cyclic N) is 1. The molecule has 0 amide bonds. The molecule has 3 heteroatoms. The molecular formula is C13H20N2O. The number of nitrogens with zero attached hydrogens (tertiary/aromatic N) is 1. The Morgan fingerprint density at radius 2 is 2.12 bits per heavy atom. The highest BCUT2D eigenvalue weighted by molar-refractivity contribution is 5.14. The van der Waals surface area contributed by atoms with Crippen LogP contribution in [0.1, 0.15) is 5.56 Å². The van der Waals surface area contributed by atoms with Crippen LogP contribution in [0.3, 0.4) is 0 Å². The summed E-state index contributed by atoms with van der Waals surface area (Å²) in [6, 6.07) is 10.5. The highest BCUT2D eigenvalue weighted by atomic mass is 16.3. The molecule has 1 heterocycles. The molecule has 1 aliphatic heterocycles. The molecule has 88 valence electrons. The summed E-state index contributed by atoms with van der Waals surface area (Å²) in [5.74, 6) is 0. The lowest BCUT2D eigenvalue weighted by molar-refractivity contribution is 0.131. The van der Waals surface area contributed by atoms with Crippen LogP contribution < -0.4 is 5.32 Å². The largest absolute Gasteiger partial charge is 0.390 e. The van der Waals surface area contributed by atoms with E-state index in [0.717, 1.165) is 39.1 Å². The third-order valence-corrected chi connectivity index (χ3v) is 3.01. The molecule has 1 atom stereocenters. The van der Waals surface area contributed by atoms with Crippen LogP contribution in [0.5, 0.6) is 0 Å². The molecule has 1 aromatic rings. The standard InChI is InChI=1S/C13H20N2O/c16-13-10-14-7-9-15(11-13)8-6-12-4-2-1-3-5-12/h1-5,13-14,16H,6-11H2. The summed E-state index contributed by atoms with van der Waals surface area (Å²) in [6.07, 6.45) is 0.839. The van der Waals surface area contributed by atoms with E-state index in [1.165, 1.54) is 5.56 Å². The van der Waals surface area contributed by atoms with Gasteiger partial charge in [0, 0.05) is 32.7 Å². The minimum atomic E-state index is -0.224. The normalized spacial score (nSPS) is 22.9. The van der Waals surface area contributed by atoms with Crippen molar-refractivity contribution in [2.45, 2.75) is 12.5 Å². The first-order valence-corrected chi connectivity index (χ1v) is 5.99. The maximum absolute atomic E-state index is 9.65. The summed E-state index contributed by atoms with van der Waals surface area (Å²) in [5.41, 5.74) is 1.37. The number of rotatable bonds is 3. The van der Waals surface area contributed by atoms with E-state index in [-0.39, 0.29) is 6.10 Å². The zero-order chi connectivity index (χ0) is 11.2. The molecule has 0 bridgehead atoms. The maximum Gasteiger partial charge on any atom is 0.0791 e. The molecule has 0 aliphatic carbocycles. The predicted molar refractivity (Wildman–Crippen MR) is 65.5 cm³/mol. The average Bonchev–Trinajstić information content (AvgIpc) is 2.52. The Labute approximate surface area is 97.1 Å². The van der Waals surface area contributed by atoms with Crippen LogP contribution in [0, 0.1) is 0 Å². The molecule has 1 saturated heterocycles. The summed E-state index contributed by atoms with van der Waals surface area (Å²) >= 11 is 0. The molecule has 1 aromatic carbocycles. The van der Waals surface area contributed by atoms with E-state index in [9.17, 15) is 5.11 Å². The topological polar surface area (TPSA) is 35.5 Å². The first-order valence-electron chi connectivity index (χ1n) is 5.99. The summed E-state index contributed by atoms with van der Waals surface area (Å²) in [7, 11) is 0. The smallest absolute Gasteiger partial charge is 0.0791 e. The van der Waals surface area contributed by atoms with E-state index in [4.69, 9.17) is 0 Å². The van der Waals surface area contributed by atoms with Crippen LogP contribution in [0.2, 0.25) is 0 Å². The van der Waals surface area contributed by atoms with Crippen molar-refractivity contribution in [3.05, 3.63) is 35.9 Å². The zero-order valence-corrected chi connectivity index (χ0v) is 9.60. The molecule has 1 unspecified atom stereocenters. The molecule has 16 heavy (non-hydrogen) atoms. The van der Waals surface area contributed by atoms with E-state index >= 15 is 0 Å². The predicted octanol–water partition coefficient (Wildman–Crippen LogP) is 0.495. The molecule has 2 rings (SSSR count). The van der Waals surface area contributed by atoms with Gasteiger partial charge in [-0.15, -0.1) is 0 Å². The Balaban J connectivity index is 1.80. The number of nitrogens with one attached hydrogen (secondary N) is 1. The van der Waals surface area contributed by atoms with Gasteiger partial charge in [-0.3, -0.25) is 4.90 Å². The number of benzene rings is 1. The number of hydrogen-bond donors (Lipinski definition) is 2. The third kappa shape index (κ3) is 3.59. The lowest BCUT2D eigenvalue weighted by Gasteiger charge is -2.21. The maximum atomic E-state index is 9.65. The highest BCUT2D eigenvalue weighted by Crippen LogP contribution is 2.03. The average molecular weight is 220 g/mol. The third-order valence-electron chi connectivity index (χ3n) is 3.01. The Kier molecular flexibility index (Phi) is 4.34. The van der Waals surface area contributed by atoms with Crippen molar-refractivity contribution in [2.75, 3.05) is 32.7 Å². The van der Waals surface area contributed by atoms with Crippen molar-refractivity contribution in [1.29, 1.82) is 0 Å². The molecule has 1 aliphatic rings. The molecule has 0 spiro atoms. The van der Waals surface area contributed by atoms with Crippen LogP contribution in [-0.2, 0) is 6.42 Å². The fourth-order valence-electron chi connectivity index (χ4n) is 2.09.